The quantitative estimate of drug-likeness (QED) is 0.827. The number of urea groups is 1. The Morgan fingerprint density at radius 2 is 1.92 bits per heavy atom. The Balaban J connectivity index is 1.50. The largest absolute Gasteiger partial charge is 0.493 e. The summed E-state index contributed by atoms with van der Waals surface area (Å²) in [5.41, 5.74) is 0.642. The normalized spacial score (nSPS) is 17.0. The fraction of sp³-hybridized carbons (Fsp3) is 0.556. The predicted molar refractivity (Wildman–Crippen MR) is 94.0 cm³/mol. The molecule has 0 unspecified atom stereocenters. The number of carbonyl (C=O) groups is 2. The molecule has 0 aromatic heterocycles. The second-order valence-electron chi connectivity index (χ2n) is 6.85. The molecule has 136 valence electrons. The summed E-state index contributed by atoms with van der Waals surface area (Å²) in [4.78, 5) is 25.6. The maximum absolute atomic E-state index is 12.3. The first-order valence-corrected chi connectivity index (χ1v) is 8.67. The zero-order chi connectivity index (χ0) is 18.0. The summed E-state index contributed by atoms with van der Waals surface area (Å²) in [6.07, 6.45) is 2.01. The number of amides is 3. The summed E-state index contributed by atoms with van der Waals surface area (Å²) in [7, 11) is 1.57. The van der Waals surface area contributed by atoms with Crippen molar-refractivity contribution in [1.29, 1.82) is 0 Å². The van der Waals surface area contributed by atoms with Crippen molar-refractivity contribution in [2.75, 3.05) is 25.5 Å². The highest BCUT2D eigenvalue weighted by atomic mass is 16.5. The second kappa shape index (κ2) is 7.21. The number of likely N-dealkylation sites (tertiary alicyclic amines) is 1. The highest BCUT2D eigenvalue weighted by Crippen LogP contribution is 2.31. The molecule has 1 heterocycles. The minimum Gasteiger partial charge on any atom is -0.493 e. The van der Waals surface area contributed by atoms with Gasteiger partial charge in [0.15, 0.2) is 11.5 Å². The topological polar surface area (TPSA) is 79.9 Å². The fourth-order valence-electron chi connectivity index (χ4n) is 2.70. The molecule has 7 heteroatoms. The zero-order valence-electron chi connectivity index (χ0n) is 14.9. The van der Waals surface area contributed by atoms with Crippen LogP contribution in [-0.2, 0) is 4.79 Å². The van der Waals surface area contributed by atoms with Gasteiger partial charge in [-0.3, -0.25) is 4.79 Å². The van der Waals surface area contributed by atoms with E-state index >= 15 is 0 Å². The van der Waals surface area contributed by atoms with Crippen molar-refractivity contribution in [3.8, 4) is 11.5 Å². The van der Waals surface area contributed by atoms with Gasteiger partial charge in [-0.1, -0.05) is 0 Å². The summed E-state index contributed by atoms with van der Waals surface area (Å²) < 4.78 is 11.0. The third-order valence-corrected chi connectivity index (χ3v) is 4.24. The first kappa shape index (κ1) is 17.4. The van der Waals surface area contributed by atoms with Crippen LogP contribution < -0.4 is 20.1 Å². The Kier molecular flexibility index (Phi) is 5.01. The molecule has 0 spiro atoms. The number of nitrogens with one attached hydrogen (secondary N) is 2. The smallest absolute Gasteiger partial charge is 0.321 e. The molecule has 0 radical (unpaired) electrons. The number of carbonyl (C=O) groups excluding carboxylic acids is 2. The van der Waals surface area contributed by atoms with Crippen molar-refractivity contribution in [2.45, 2.75) is 38.8 Å². The standard InChI is InChI=1S/C18H25N3O4/c1-11(2)25-15-7-6-13(8-16(15)24-3)20-18(23)21-9-14(10-21)19-17(22)12-4-5-12/h6-8,11-12,14H,4-5,9-10H2,1-3H3,(H,19,22)(H,20,23). The molecule has 1 aromatic rings. The van der Waals surface area contributed by atoms with Crippen molar-refractivity contribution in [3.05, 3.63) is 18.2 Å². The highest BCUT2D eigenvalue weighted by molar-refractivity contribution is 5.90. The lowest BCUT2D eigenvalue weighted by Crippen LogP contribution is -2.62. The molecule has 3 rings (SSSR count). The molecule has 2 N–H and O–H groups in total. The third-order valence-electron chi connectivity index (χ3n) is 4.24. The molecule has 3 amide bonds. The first-order chi connectivity index (χ1) is 12.0. The van der Waals surface area contributed by atoms with E-state index in [4.69, 9.17) is 9.47 Å². The molecule has 25 heavy (non-hydrogen) atoms. The van der Waals surface area contributed by atoms with Gasteiger partial charge in [0.1, 0.15) is 0 Å². The lowest BCUT2D eigenvalue weighted by molar-refractivity contribution is -0.123. The molecule has 7 nitrogen and oxygen atoms in total. The van der Waals surface area contributed by atoms with Gasteiger partial charge in [-0.15, -0.1) is 0 Å². The van der Waals surface area contributed by atoms with Crippen LogP contribution in [0.5, 0.6) is 11.5 Å². The van der Waals surface area contributed by atoms with Gasteiger partial charge in [0.25, 0.3) is 0 Å². The van der Waals surface area contributed by atoms with E-state index in [-0.39, 0.29) is 30.0 Å². The van der Waals surface area contributed by atoms with Crippen LogP contribution in [-0.4, -0.2) is 49.2 Å². The minimum atomic E-state index is -0.184. The van der Waals surface area contributed by atoms with E-state index in [2.05, 4.69) is 10.6 Å². The predicted octanol–water partition coefficient (Wildman–Crippen LogP) is 2.22. The maximum atomic E-state index is 12.3. The van der Waals surface area contributed by atoms with E-state index in [1.165, 1.54) is 0 Å². The molecule has 2 aliphatic rings. The number of benzene rings is 1. The SMILES string of the molecule is COc1cc(NC(=O)N2CC(NC(=O)C3CC3)C2)ccc1OC(C)C. The number of nitrogens with zero attached hydrogens (tertiary/aromatic N) is 1. The Labute approximate surface area is 147 Å². The molecule has 1 saturated heterocycles. The van der Waals surface area contributed by atoms with Crippen LogP contribution in [0.1, 0.15) is 26.7 Å². The second-order valence-corrected chi connectivity index (χ2v) is 6.85. The average molecular weight is 347 g/mol. The number of methoxy groups -OCH3 is 1. The molecule has 2 fully saturated rings. The van der Waals surface area contributed by atoms with Crippen molar-refractivity contribution in [1.82, 2.24) is 10.2 Å². The van der Waals surface area contributed by atoms with Gasteiger partial charge < -0.3 is 25.0 Å². The van der Waals surface area contributed by atoms with Gasteiger partial charge in [0.05, 0.1) is 19.3 Å². The van der Waals surface area contributed by atoms with Crippen molar-refractivity contribution in [2.24, 2.45) is 5.92 Å². The molecule has 1 aromatic carbocycles. The lowest BCUT2D eigenvalue weighted by Gasteiger charge is -2.39. The Morgan fingerprint density at radius 3 is 2.52 bits per heavy atom. The van der Waals surface area contributed by atoms with Crippen LogP contribution in [0.25, 0.3) is 0 Å². The number of anilines is 1. The third kappa shape index (κ3) is 4.35. The summed E-state index contributed by atoms with van der Waals surface area (Å²) >= 11 is 0. The van der Waals surface area contributed by atoms with Gasteiger partial charge in [-0.2, -0.15) is 0 Å². The van der Waals surface area contributed by atoms with Crippen molar-refractivity contribution >= 4 is 17.6 Å². The van der Waals surface area contributed by atoms with E-state index in [0.717, 1.165) is 12.8 Å². The minimum absolute atomic E-state index is 0.0400. The first-order valence-electron chi connectivity index (χ1n) is 8.67. The van der Waals surface area contributed by atoms with Crippen LogP contribution in [0.15, 0.2) is 18.2 Å². The number of rotatable bonds is 6. The van der Waals surface area contributed by atoms with Crippen molar-refractivity contribution in [3.63, 3.8) is 0 Å². The summed E-state index contributed by atoms with van der Waals surface area (Å²) in [6.45, 7) is 4.96. The lowest BCUT2D eigenvalue weighted by atomic mass is 10.1. The van der Waals surface area contributed by atoms with Crippen LogP contribution in [0, 0.1) is 5.92 Å². The molecular formula is C18H25N3O4. The van der Waals surface area contributed by atoms with E-state index in [0.29, 0.717) is 30.3 Å². The van der Waals surface area contributed by atoms with Crippen LogP contribution >= 0.6 is 0 Å². The summed E-state index contributed by atoms with van der Waals surface area (Å²) in [5.74, 6) is 1.53. The average Bonchev–Trinajstić information content (AvgIpc) is 3.35. The Hall–Kier alpha value is -2.44. The highest BCUT2D eigenvalue weighted by Gasteiger charge is 2.36. The van der Waals surface area contributed by atoms with Crippen LogP contribution in [0.2, 0.25) is 0 Å². The van der Waals surface area contributed by atoms with E-state index in [1.54, 1.807) is 30.2 Å². The van der Waals surface area contributed by atoms with Gasteiger partial charge in [-0.25, -0.2) is 4.79 Å². The molecule has 1 aliphatic carbocycles. The van der Waals surface area contributed by atoms with Crippen LogP contribution in [0.3, 0.4) is 0 Å². The maximum Gasteiger partial charge on any atom is 0.321 e. The molecular weight excluding hydrogens is 322 g/mol. The zero-order valence-corrected chi connectivity index (χ0v) is 14.9. The van der Waals surface area contributed by atoms with E-state index in [9.17, 15) is 9.59 Å². The fourth-order valence-corrected chi connectivity index (χ4v) is 2.70. The molecule has 0 atom stereocenters. The van der Waals surface area contributed by atoms with E-state index < -0.39 is 0 Å². The van der Waals surface area contributed by atoms with Gasteiger partial charge in [0, 0.05) is 30.8 Å². The number of hydrogen-bond acceptors (Lipinski definition) is 4. The molecule has 0 bridgehead atoms. The molecule has 1 saturated carbocycles. The van der Waals surface area contributed by atoms with Gasteiger partial charge >= 0.3 is 6.03 Å². The van der Waals surface area contributed by atoms with Gasteiger partial charge in [0.2, 0.25) is 5.91 Å². The Morgan fingerprint density at radius 1 is 1.20 bits per heavy atom. The van der Waals surface area contributed by atoms with Crippen LogP contribution in [0.4, 0.5) is 10.5 Å². The monoisotopic (exact) mass is 347 g/mol. The number of hydrogen-bond donors (Lipinski definition) is 2. The summed E-state index contributed by atoms with van der Waals surface area (Å²) in [6, 6.07) is 5.18. The van der Waals surface area contributed by atoms with Gasteiger partial charge in [-0.05, 0) is 38.8 Å². The Bertz CT molecular complexity index is 652. The molecule has 1 aliphatic heterocycles. The number of ether oxygens (including phenoxy) is 2. The summed E-state index contributed by atoms with van der Waals surface area (Å²) in [5, 5.41) is 5.82. The van der Waals surface area contributed by atoms with Crippen molar-refractivity contribution < 1.29 is 19.1 Å². The van der Waals surface area contributed by atoms with E-state index in [1.807, 2.05) is 13.8 Å².